The number of carbonyl (C=O) groups excluding carboxylic acids is 2. The number of benzene rings is 2. The number of anilines is 1. The number of hydrogen-bond acceptors (Lipinski definition) is 5. The van der Waals surface area contributed by atoms with Gasteiger partial charge in [0.25, 0.3) is 17.4 Å². The van der Waals surface area contributed by atoms with Gasteiger partial charge in [-0.3, -0.25) is 14.4 Å². The molecule has 1 aliphatic rings. The van der Waals surface area contributed by atoms with Crippen LogP contribution in [0.3, 0.4) is 0 Å². The number of aryl methyl sites for hydroxylation is 1. The molecule has 0 bridgehead atoms. The van der Waals surface area contributed by atoms with Gasteiger partial charge in [0.15, 0.2) is 0 Å². The largest absolute Gasteiger partial charge is 0.355 e. The molecule has 2 amide bonds. The highest BCUT2D eigenvalue weighted by Crippen LogP contribution is 2.27. The van der Waals surface area contributed by atoms with Gasteiger partial charge in [0.2, 0.25) is 5.95 Å². The summed E-state index contributed by atoms with van der Waals surface area (Å²) in [5, 5.41) is 6.51. The molecule has 202 valence electrons. The van der Waals surface area contributed by atoms with Crippen molar-refractivity contribution in [2.24, 2.45) is 0 Å². The Balaban J connectivity index is 1.53. The molecule has 0 unspecified atom stereocenters. The highest BCUT2D eigenvalue weighted by atomic mass is 19.1. The number of carbonyl (C=O) groups is 2. The van der Waals surface area contributed by atoms with Crippen LogP contribution < -0.4 is 16.2 Å². The normalized spacial score (nSPS) is 14.9. The fourth-order valence-corrected chi connectivity index (χ4v) is 5.02. The van der Waals surface area contributed by atoms with E-state index in [1.165, 1.54) is 10.6 Å². The molecule has 4 aromatic rings. The summed E-state index contributed by atoms with van der Waals surface area (Å²) in [6.45, 7) is 7.64. The average Bonchev–Trinajstić information content (AvgIpc) is 3.35. The van der Waals surface area contributed by atoms with Gasteiger partial charge in [0, 0.05) is 41.2 Å². The number of nitrogens with one attached hydrogen (secondary N) is 3. The second kappa shape index (κ2) is 10.0. The van der Waals surface area contributed by atoms with Gasteiger partial charge >= 0.3 is 0 Å². The highest BCUT2D eigenvalue weighted by Gasteiger charge is 2.32. The van der Waals surface area contributed by atoms with E-state index in [0.29, 0.717) is 57.0 Å². The van der Waals surface area contributed by atoms with Crippen molar-refractivity contribution >= 4 is 28.7 Å². The number of aromatic amines is 1. The first-order chi connectivity index (χ1) is 18.6. The molecule has 0 fully saturated rings. The van der Waals surface area contributed by atoms with E-state index in [-0.39, 0.29) is 41.8 Å². The van der Waals surface area contributed by atoms with Gasteiger partial charge in [-0.15, -0.1) is 0 Å². The Labute approximate surface area is 225 Å². The van der Waals surface area contributed by atoms with Crippen LogP contribution in [0.15, 0.2) is 47.3 Å². The van der Waals surface area contributed by atoms with E-state index in [1.54, 1.807) is 55.3 Å². The number of rotatable bonds is 5. The number of fused-ring (bicyclic) bond motifs is 2. The van der Waals surface area contributed by atoms with Gasteiger partial charge in [0.1, 0.15) is 11.5 Å². The monoisotopic (exact) mass is 530 g/mol. The minimum atomic E-state index is -0.324. The van der Waals surface area contributed by atoms with Crippen molar-refractivity contribution in [3.63, 3.8) is 0 Å². The van der Waals surface area contributed by atoms with Gasteiger partial charge in [-0.1, -0.05) is 0 Å². The first-order valence-corrected chi connectivity index (χ1v) is 12.9. The molecule has 0 saturated heterocycles. The van der Waals surface area contributed by atoms with E-state index in [1.807, 2.05) is 20.8 Å². The van der Waals surface area contributed by atoms with Gasteiger partial charge < -0.3 is 20.5 Å². The predicted molar refractivity (Wildman–Crippen MR) is 148 cm³/mol. The third-order valence-electron chi connectivity index (χ3n) is 7.14. The number of amides is 2. The molecule has 3 heterocycles. The topological polar surface area (TPSA) is 112 Å². The Morgan fingerprint density at radius 1 is 1.15 bits per heavy atom. The van der Waals surface area contributed by atoms with Crippen LogP contribution in [-0.4, -0.2) is 50.4 Å². The second-order valence-electron chi connectivity index (χ2n) is 10.2. The number of H-pyrrole nitrogens is 1. The van der Waals surface area contributed by atoms with Crippen LogP contribution in [0.4, 0.5) is 10.3 Å². The van der Waals surface area contributed by atoms with E-state index in [0.717, 1.165) is 0 Å². The average molecular weight is 531 g/mol. The lowest BCUT2D eigenvalue weighted by Crippen LogP contribution is -2.46. The molecule has 0 spiro atoms. The zero-order chi connectivity index (χ0) is 28.0. The number of aromatic nitrogens is 3. The molecule has 0 saturated carbocycles. The molecule has 3 N–H and O–H groups in total. The standard InChI is InChI=1S/C29H31FN6O3/c1-15(2)32-29-34-25-14-35(28(39)24-13-20-17(4)22(30)10-11-23(20)33-24)16(3)12-21(25)27(38)36(29)19-8-6-18(7-9-19)26(37)31-5/h6-11,13,15-16,33H,12,14H2,1-5H3,(H,31,37)(H,32,34)/t16-/m1/s1. The Bertz CT molecular complexity index is 1650. The molecule has 2 aromatic carbocycles. The summed E-state index contributed by atoms with van der Waals surface area (Å²) in [6.07, 6.45) is 0.332. The molecule has 5 rings (SSSR count). The summed E-state index contributed by atoms with van der Waals surface area (Å²) in [7, 11) is 1.56. The van der Waals surface area contributed by atoms with Crippen LogP contribution in [0.1, 0.15) is 58.4 Å². The Hall–Kier alpha value is -4.47. The lowest BCUT2D eigenvalue weighted by molar-refractivity contribution is 0.0648. The molecular formula is C29H31FN6O3. The Kier molecular flexibility index (Phi) is 6.71. The first-order valence-electron chi connectivity index (χ1n) is 12.9. The zero-order valence-corrected chi connectivity index (χ0v) is 22.6. The molecule has 9 nitrogen and oxygen atoms in total. The van der Waals surface area contributed by atoms with Gasteiger partial charge in [-0.2, -0.15) is 0 Å². The van der Waals surface area contributed by atoms with Crippen molar-refractivity contribution in [1.82, 2.24) is 24.8 Å². The lowest BCUT2D eigenvalue weighted by Gasteiger charge is -2.34. The van der Waals surface area contributed by atoms with Crippen LogP contribution >= 0.6 is 0 Å². The van der Waals surface area contributed by atoms with Crippen LogP contribution in [0, 0.1) is 12.7 Å². The quantitative estimate of drug-likeness (QED) is 0.362. The highest BCUT2D eigenvalue weighted by molar-refractivity contribution is 5.99. The van der Waals surface area contributed by atoms with E-state index in [9.17, 15) is 18.8 Å². The number of nitrogens with zero attached hydrogens (tertiary/aromatic N) is 3. The summed E-state index contributed by atoms with van der Waals surface area (Å²) >= 11 is 0. The summed E-state index contributed by atoms with van der Waals surface area (Å²) in [4.78, 5) is 49.0. The van der Waals surface area contributed by atoms with Gasteiger partial charge in [0.05, 0.1) is 17.9 Å². The molecule has 0 aliphatic carbocycles. The van der Waals surface area contributed by atoms with Crippen LogP contribution in [0.25, 0.3) is 16.6 Å². The third kappa shape index (κ3) is 4.67. The molecule has 39 heavy (non-hydrogen) atoms. The second-order valence-corrected chi connectivity index (χ2v) is 10.2. The van der Waals surface area contributed by atoms with Crippen LogP contribution in [0.5, 0.6) is 0 Å². The number of hydrogen-bond donors (Lipinski definition) is 3. The van der Waals surface area contributed by atoms with Crippen molar-refractivity contribution in [2.75, 3.05) is 12.4 Å². The Morgan fingerprint density at radius 3 is 2.54 bits per heavy atom. The van der Waals surface area contributed by atoms with E-state index in [4.69, 9.17) is 4.98 Å². The fourth-order valence-electron chi connectivity index (χ4n) is 5.02. The SMILES string of the molecule is CNC(=O)c1ccc(-n2c(NC(C)C)nc3c(c2=O)C[C@@H](C)N(C(=O)c2cc4c(C)c(F)ccc4[nH]2)C3)cc1. The van der Waals surface area contributed by atoms with Crippen molar-refractivity contribution in [2.45, 2.75) is 52.7 Å². The molecule has 2 aromatic heterocycles. The minimum absolute atomic E-state index is 0.0124. The van der Waals surface area contributed by atoms with Crippen molar-refractivity contribution < 1.29 is 14.0 Å². The molecular weight excluding hydrogens is 499 g/mol. The summed E-state index contributed by atoms with van der Waals surface area (Å²) in [5.74, 6) is -0.417. The van der Waals surface area contributed by atoms with Gasteiger partial charge in [-0.25, -0.2) is 13.9 Å². The molecule has 0 radical (unpaired) electrons. The minimum Gasteiger partial charge on any atom is -0.355 e. The van der Waals surface area contributed by atoms with Gasteiger partial charge in [-0.05, 0) is 82.1 Å². The third-order valence-corrected chi connectivity index (χ3v) is 7.14. The summed E-state index contributed by atoms with van der Waals surface area (Å²) in [5.41, 5.74) is 3.46. The van der Waals surface area contributed by atoms with E-state index >= 15 is 0 Å². The Morgan fingerprint density at radius 2 is 1.87 bits per heavy atom. The maximum absolute atomic E-state index is 14.1. The van der Waals surface area contributed by atoms with Crippen LogP contribution in [0.2, 0.25) is 0 Å². The van der Waals surface area contributed by atoms with E-state index in [2.05, 4.69) is 15.6 Å². The fraction of sp³-hybridized carbons (Fsp3) is 0.310. The van der Waals surface area contributed by atoms with Crippen molar-refractivity contribution in [3.05, 3.63) is 86.7 Å². The first kappa shape index (κ1) is 26.1. The van der Waals surface area contributed by atoms with Crippen molar-refractivity contribution in [3.8, 4) is 5.69 Å². The maximum Gasteiger partial charge on any atom is 0.270 e. The number of halogens is 1. The van der Waals surface area contributed by atoms with Crippen molar-refractivity contribution in [1.29, 1.82) is 0 Å². The maximum atomic E-state index is 14.1. The molecule has 10 heteroatoms. The summed E-state index contributed by atoms with van der Waals surface area (Å²) < 4.78 is 15.6. The summed E-state index contributed by atoms with van der Waals surface area (Å²) in [6, 6.07) is 11.2. The molecule has 1 aliphatic heterocycles. The zero-order valence-electron chi connectivity index (χ0n) is 22.6. The van der Waals surface area contributed by atoms with Crippen LogP contribution in [-0.2, 0) is 13.0 Å². The van der Waals surface area contributed by atoms with E-state index < -0.39 is 0 Å². The lowest BCUT2D eigenvalue weighted by atomic mass is 9.99. The molecule has 1 atom stereocenters. The predicted octanol–water partition coefficient (Wildman–Crippen LogP) is 3.93. The smallest absolute Gasteiger partial charge is 0.270 e.